The number of amides is 3. The first-order valence-electron chi connectivity index (χ1n) is 10.8. The van der Waals surface area contributed by atoms with Gasteiger partial charge in [-0.3, -0.25) is 4.79 Å². The highest BCUT2D eigenvalue weighted by Crippen LogP contribution is 2.32. The zero-order valence-corrected chi connectivity index (χ0v) is 19.2. The Morgan fingerprint density at radius 2 is 1.65 bits per heavy atom. The van der Waals surface area contributed by atoms with Crippen molar-refractivity contribution in [3.63, 3.8) is 0 Å². The molecule has 34 heavy (non-hydrogen) atoms. The number of aryl methyl sites for hydroxylation is 1. The fourth-order valence-electron chi connectivity index (χ4n) is 3.90. The van der Waals surface area contributed by atoms with Crippen molar-refractivity contribution in [3.8, 4) is 5.75 Å². The van der Waals surface area contributed by atoms with Crippen molar-refractivity contribution >= 4 is 46.1 Å². The molecule has 1 fully saturated rings. The third-order valence-corrected chi connectivity index (χ3v) is 5.95. The summed E-state index contributed by atoms with van der Waals surface area (Å²) in [4.78, 5) is 26.9. The number of nitrogens with zero attached hydrogens (tertiary/aromatic N) is 1. The van der Waals surface area contributed by atoms with Crippen LogP contribution in [0.4, 0.5) is 10.5 Å². The van der Waals surface area contributed by atoms with Crippen LogP contribution in [0.1, 0.15) is 16.7 Å². The van der Waals surface area contributed by atoms with Crippen LogP contribution in [0.3, 0.4) is 0 Å². The Bertz CT molecular complexity index is 1430. The summed E-state index contributed by atoms with van der Waals surface area (Å²) in [6, 6.07) is 25.9. The molecule has 0 unspecified atom stereocenters. The van der Waals surface area contributed by atoms with Crippen LogP contribution < -0.4 is 15.0 Å². The Kier molecular flexibility index (Phi) is 5.78. The van der Waals surface area contributed by atoms with Crippen molar-refractivity contribution in [2.45, 2.75) is 13.5 Å². The summed E-state index contributed by atoms with van der Waals surface area (Å²) < 4.78 is 6.17. The summed E-state index contributed by atoms with van der Waals surface area (Å²) in [5, 5.41) is 5.15. The van der Waals surface area contributed by atoms with Crippen LogP contribution in [0.15, 0.2) is 90.6 Å². The summed E-state index contributed by atoms with van der Waals surface area (Å²) in [6.07, 6.45) is 1.68. The van der Waals surface area contributed by atoms with Crippen molar-refractivity contribution in [2.75, 3.05) is 4.90 Å². The number of benzene rings is 4. The minimum absolute atomic E-state index is 0.177. The predicted molar refractivity (Wildman–Crippen MR) is 135 cm³/mol. The van der Waals surface area contributed by atoms with Crippen LogP contribution in [0.25, 0.3) is 16.8 Å². The molecule has 5 rings (SSSR count). The van der Waals surface area contributed by atoms with E-state index in [4.69, 9.17) is 16.3 Å². The van der Waals surface area contributed by atoms with E-state index in [2.05, 4.69) is 5.32 Å². The van der Waals surface area contributed by atoms with Crippen molar-refractivity contribution in [3.05, 3.63) is 112 Å². The monoisotopic (exact) mass is 468 g/mol. The third kappa shape index (κ3) is 4.26. The Balaban J connectivity index is 1.52. The lowest BCUT2D eigenvalue weighted by Crippen LogP contribution is -2.30. The molecule has 1 saturated heterocycles. The number of fused-ring (bicyclic) bond motifs is 1. The predicted octanol–water partition coefficient (Wildman–Crippen LogP) is 6.48. The molecule has 3 amide bonds. The first-order valence-corrected chi connectivity index (χ1v) is 11.2. The Morgan fingerprint density at radius 1 is 0.912 bits per heavy atom. The van der Waals surface area contributed by atoms with Crippen LogP contribution in [-0.4, -0.2) is 11.9 Å². The van der Waals surface area contributed by atoms with Gasteiger partial charge in [0.15, 0.2) is 0 Å². The van der Waals surface area contributed by atoms with E-state index in [0.29, 0.717) is 23.1 Å². The maximum absolute atomic E-state index is 13.2. The number of halogens is 1. The number of hydrogen-bond donors (Lipinski definition) is 1. The molecule has 0 spiro atoms. The topological polar surface area (TPSA) is 58.6 Å². The molecule has 5 nitrogen and oxygen atoms in total. The quantitative estimate of drug-likeness (QED) is 0.269. The molecule has 0 saturated carbocycles. The van der Waals surface area contributed by atoms with Crippen LogP contribution in [0.5, 0.6) is 5.75 Å². The highest BCUT2D eigenvalue weighted by Gasteiger charge is 2.35. The minimum Gasteiger partial charge on any atom is -0.488 e. The number of hydrogen-bond acceptors (Lipinski definition) is 3. The SMILES string of the molecule is Cc1ccc(COc2ccc3ccccc3c2/C=C2/NC(=O)N(c3ccc(Cl)cc3)C2=O)cc1. The molecular formula is C28H21ClN2O3. The maximum atomic E-state index is 13.2. The molecule has 1 aliphatic heterocycles. The standard InChI is InChI=1S/C28H21ClN2O3/c1-18-6-8-19(9-7-18)17-34-26-15-10-20-4-2-3-5-23(20)24(26)16-25-27(32)31(28(33)30-25)22-13-11-21(29)12-14-22/h2-16H,17H2,1H3,(H,30,33)/b25-16+. The second-order valence-corrected chi connectivity index (χ2v) is 8.51. The molecule has 0 aliphatic carbocycles. The van der Waals surface area contributed by atoms with E-state index >= 15 is 0 Å². The maximum Gasteiger partial charge on any atom is 0.333 e. The van der Waals surface area contributed by atoms with Gasteiger partial charge in [0, 0.05) is 10.6 Å². The van der Waals surface area contributed by atoms with E-state index in [1.807, 2.05) is 67.6 Å². The highest BCUT2D eigenvalue weighted by molar-refractivity contribution is 6.31. The minimum atomic E-state index is -0.513. The number of ether oxygens (including phenoxy) is 1. The van der Waals surface area contributed by atoms with Crippen molar-refractivity contribution in [1.29, 1.82) is 0 Å². The van der Waals surface area contributed by atoms with Gasteiger partial charge in [-0.05, 0) is 59.7 Å². The molecule has 0 aromatic heterocycles. The number of carbonyl (C=O) groups excluding carboxylic acids is 2. The molecular weight excluding hydrogens is 448 g/mol. The summed E-state index contributed by atoms with van der Waals surface area (Å²) in [5.74, 6) is 0.184. The first kappa shape index (κ1) is 21.7. The molecule has 0 bridgehead atoms. The van der Waals surface area contributed by atoms with Gasteiger partial charge < -0.3 is 10.1 Å². The number of anilines is 1. The Hall–Kier alpha value is -4.09. The molecule has 4 aromatic carbocycles. The molecule has 168 valence electrons. The van der Waals surface area contributed by atoms with Gasteiger partial charge in [-0.15, -0.1) is 0 Å². The zero-order valence-electron chi connectivity index (χ0n) is 18.4. The third-order valence-electron chi connectivity index (χ3n) is 5.70. The van der Waals surface area contributed by atoms with Gasteiger partial charge in [0.1, 0.15) is 18.1 Å². The second kappa shape index (κ2) is 9.04. The number of carbonyl (C=O) groups is 2. The zero-order chi connectivity index (χ0) is 23.7. The Labute approximate surface area is 202 Å². The normalized spacial score (nSPS) is 14.6. The fraction of sp³-hybridized carbons (Fsp3) is 0.0714. The van der Waals surface area contributed by atoms with Crippen LogP contribution >= 0.6 is 11.6 Å². The number of imide groups is 1. The highest BCUT2D eigenvalue weighted by atomic mass is 35.5. The van der Waals surface area contributed by atoms with E-state index in [0.717, 1.165) is 26.8 Å². The average molecular weight is 469 g/mol. The smallest absolute Gasteiger partial charge is 0.333 e. The lowest BCUT2D eigenvalue weighted by atomic mass is 10.0. The lowest BCUT2D eigenvalue weighted by molar-refractivity contribution is -0.113. The van der Waals surface area contributed by atoms with E-state index in [9.17, 15) is 9.59 Å². The summed E-state index contributed by atoms with van der Waals surface area (Å²) in [6.45, 7) is 2.42. The fourth-order valence-corrected chi connectivity index (χ4v) is 4.03. The largest absolute Gasteiger partial charge is 0.488 e. The van der Waals surface area contributed by atoms with Gasteiger partial charge in [0.25, 0.3) is 5.91 Å². The molecule has 4 aromatic rings. The van der Waals surface area contributed by atoms with E-state index < -0.39 is 11.9 Å². The molecule has 0 radical (unpaired) electrons. The number of urea groups is 1. The molecule has 0 atom stereocenters. The van der Waals surface area contributed by atoms with Crippen LogP contribution in [-0.2, 0) is 11.4 Å². The Morgan fingerprint density at radius 3 is 2.41 bits per heavy atom. The number of nitrogens with one attached hydrogen (secondary N) is 1. The van der Waals surface area contributed by atoms with Crippen molar-refractivity contribution in [1.82, 2.24) is 5.32 Å². The molecule has 1 heterocycles. The van der Waals surface area contributed by atoms with Gasteiger partial charge in [0.2, 0.25) is 0 Å². The molecule has 1 aliphatic rings. The second-order valence-electron chi connectivity index (χ2n) is 8.08. The van der Waals surface area contributed by atoms with Crippen LogP contribution in [0.2, 0.25) is 5.02 Å². The number of rotatable bonds is 5. The van der Waals surface area contributed by atoms with Crippen molar-refractivity contribution < 1.29 is 14.3 Å². The van der Waals surface area contributed by atoms with E-state index in [-0.39, 0.29) is 5.70 Å². The van der Waals surface area contributed by atoms with E-state index in [1.54, 1.807) is 30.3 Å². The van der Waals surface area contributed by atoms with Gasteiger partial charge in [-0.2, -0.15) is 0 Å². The summed E-state index contributed by atoms with van der Waals surface area (Å²) in [5.41, 5.74) is 3.57. The molecule has 1 N–H and O–H groups in total. The first-order chi connectivity index (χ1) is 16.5. The van der Waals surface area contributed by atoms with Crippen molar-refractivity contribution in [2.24, 2.45) is 0 Å². The van der Waals surface area contributed by atoms with Gasteiger partial charge in [-0.25, -0.2) is 9.69 Å². The van der Waals surface area contributed by atoms with Gasteiger partial charge in [0.05, 0.1) is 5.69 Å². The average Bonchev–Trinajstić information content (AvgIpc) is 3.13. The lowest BCUT2D eigenvalue weighted by Gasteiger charge is -2.13. The summed E-state index contributed by atoms with van der Waals surface area (Å²) in [7, 11) is 0. The van der Waals surface area contributed by atoms with Gasteiger partial charge in [-0.1, -0.05) is 71.8 Å². The van der Waals surface area contributed by atoms with Gasteiger partial charge >= 0.3 is 6.03 Å². The van der Waals surface area contributed by atoms with E-state index in [1.165, 1.54) is 5.56 Å². The summed E-state index contributed by atoms with van der Waals surface area (Å²) >= 11 is 5.95. The van der Waals surface area contributed by atoms with Crippen LogP contribution in [0, 0.1) is 6.92 Å². The molecule has 6 heteroatoms.